The molecule has 54 valence electrons. The predicted molar refractivity (Wildman–Crippen MR) is 36.1 cm³/mol. The van der Waals surface area contributed by atoms with Crippen LogP contribution in [0.4, 0.5) is 0 Å². The summed E-state index contributed by atoms with van der Waals surface area (Å²) in [6.07, 6.45) is 1.96. The van der Waals surface area contributed by atoms with Crippen molar-refractivity contribution in [1.29, 1.82) is 0 Å². The minimum atomic E-state index is -0.100. The van der Waals surface area contributed by atoms with E-state index in [-0.39, 0.29) is 11.9 Å². The number of carbonyl (C=O) groups is 1. The molecule has 0 aromatic rings. The number of hydrogen-bond donors (Lipinski definition) is 0. The van der Waals surface area contributed by atoms with Gasteiger partial charge in [-0.1, -0.05) is 20.3 Å². The number of esters is 1. The highest BCUT2D eigenvalue weighted by Crippen LogP contribution is 2.05. The summed E-state index contributed by atoms with van der Waals surface area (Å²) < 4.78 is 4.53. The van der Waals surface area contributed by atoms with E-state index in [9.17, 15) is 4.79 Å². The van der Waals surface area contributed by atoms with Gasteiger partial charge in [-0.3, -0.25) is 4.79 Å². The quantitative estimate of drug-likeness (QED) is 0.542. The Morgan fingerprint density at radius 2 is 2.22 bits per heavy atom. The van der Waals surface area contributed by atoms with Gasteiger partial charge in [-0.25, -0.2) is 0 Å². The highest BCUT2D eigenvalue weighted by atomic mass is 16.5. The average molecular weight is 130 g/mol. The molecule has 0 aliphatic carbocycles. The standard InChI is InChI=1S/C7H14O2/c1-4-5-6(2)7(8)9-3/h6H,4-5H2,1-3H3/t6-/m0/s1. The van der Waals surface area contributed by atoms with Crippen LogP contribution in [-0.4, -0.2) is 13.1 Å². The fourth-order valence-corrected chi connectivity index (χ4v) is 0.752. The van der Waals surface area contributed by atoms with Gasteiger partial charge in [0, 0.05) is 0 Å². The monoisotopic (exact) mass is 130 g/mol. The van der Waals surface area contributed by atoms with Crippen LogP contribution in [0.3, 0.4) is 0 Å². The van der Waals surface area contributed by atoms with Gasteiger partial charge in [-0.05, 0) is 6.42 Å². The van der Waals surface area contributed by atoms with Crippen molar-refractivity contribution in [2.45, 2.75) is 26.7 Å². The van der Waals surface area contributed by atoms with Crippen molar-refractivity contribution in [2.75, 3.05) is 7.11 Å². The third kappa shape index (κ3) is 3.12. The van der Waals surface area contributed by atoms with Crippen LogP contribution in [-0.2, 0) is 9.53 Å². The summed E-state index contributed by atoms with van der Waals surface area (Å²) in [4.78, 5) is 10.7. The zero-order valence-electron chi connectivity index (χ0n) is 6.31. The Morgan fingerprint density at radius 1 is 1.67 bits per heavy atom. The second-order valence-corrected chi connectivity index (χ2v) is 2.21. The van der Waals surface area contributed by atoms with E-state index >= 15 is 0 Å². The molecular weight excluding hydrogens is 116 g/mol. The number of ether oxygens (including phenoxy) is 1. The van der Waals surface area contributed by atoms with Crippen LogP contribution in [0.15, 0.2) is 0 Å². The summed E-state index contributed by atoms with van der Waals surface area (Å²) in [6.45, 7) is 3.94. The molecule has 2 nitrogen and oxygen atoms in total. The first kappa shape index (κ1) is 8.47. The molecule has 0 aromatic carbocycles. The minimum absolute atomic E-state index is 0.0694. The van der Waals surface area contributed by atoms with Crippen LogP contribution in [0.25, 0.3) is 0 Å². The lowest BCUT2D eigenvalue weighted by Crippen LogP contribution is -2.11. The lowest BCUT2D eigenvalue weighted by atomic mass is 10.1. The normalized spacial score (nSPS) is 12.8. The zero-order valence-corrected chi connectivity index (χ0v) is 6.31. The van der Waals surface area contributed by atoms with Crippen molar-refractivity contribution >= 4 is 5.97 Å². The number of carbonyl (C=O) groups excluding carboxylic acids is 1. The lowest BCUT2D eigenvalue weighted by molar-refractivity contribution is -0.145. The lowest BCUT2D eigenvalue weighted by Gasteiger charge is -2.05. The summed E-state index contributed by atoms with van der Waals surface area (Å²) >= 11 is 0. The van der Waals surface area contributed by atoms with Gasteiger partial charge in [0.15, 0.2) is 0 Å². The molecule has 2 heteroatoms. The van der Waals surface area contributed by atoms with Crippen molar-refractivity contribution in [3.05, 3.63) is 0 Å². The van der Waals surface area contributed by atoms with Gasteiger partial charge in [-0.2, -0.15) is 0 Å². The molecular formula is C7H14O2. The molecule has 0 aliphatic heterocycles. The molecule has 0 heterocycles. The third-order valence-electron chi connectivity index (χ3n) is 1.33. The van der Waals surface area contributed by atoms with Gasteiger partial charge in [0.1, 0.15) is 0 Å². The van der Waals surface area contributed by atoms with Crippen LogP contribution in [0, 0.1) is 5.92 Å². The molecule has 9 heavy (non-hydrogen) atoms. The van der Waals surface area contributed by atoms with Crippen LogP contribution >= 0.6 is 0 Å². The summed E-state index contributed by atoms with van der Waals surface area (Å²) in [5.74, 6) is -0.0307. The Labute approximate surface area is 56.2 Å². The SMILES string of the molecule is CCC[C@H](C)C(=O)OC. The molecule has 0 saturated carbocycles. The Hall–Kier alpha value is -0.530. The van der Waals surface area contributed by atoms with Crippen LogP contribution in [0.1, 0.15) is 26.7 Å². The molecule has 0 unspecified atom stereocenters. The Bertz CT molecular complexity index is 88.9. The second-order valence-electron chi connectivity index (χ2n) is 2.21. The maximum absolute atomic E-state index is 10.7. The van der Waals surface area contributed by atoms with Crippen LogP contribution in [0.2, 0.25) is 0 Å². The summed E-state index contributed by atoms with van der Waals surface area (Å²) in [5.41, 5.74) is 0. The van der Waals surface area contributed by atoms with E-state index in [0.29, 0.717) is 0 Å². The van der Waals surface area contributed by atoms with E-state index in [4.69, 9.17) is 0 Å². The number of hydrogen-bond acceptors (Lipinski definition) is 2. The summed E-state index contributed by atoms with van der Waals surface area (Å²) in [5, 5.41) is 0. The number of methoxy groups -OCH3 is 1. The first-order valence-electron chi connectivity index (χ1n) is 3.30. The van der Waals surface area contributed by atoms with Gasteiger partial charge >= 0.3 is 5.97 Å². The van der Waals surface area contributed by atoms with Crippen molar-refractivity contribution in [3.8, 4) is 0 Å². The van der Waals surface area contributed by atoms with Crippen molar-refractivity contribution in [1.82, 2.24) is 0 Å². The maximum atomic E-state index is 10.7. The molecule has 0 amide bonds. The van der Waals surface area contributed by atoms with Gasteiger partial charge in [0.05, 0.1) is 13.0 Å². The van der Waals surface area contributed by atoms with Crippen molar-refractivity contribution in [3.63, 3.8) is 0 Å². The van der Waals surface area contributed by atoms with E-state index < -0.39 is 0 Å². The fourth-order valence-electron chi connectivity index (χ4n) is 0.752. The molecule has 0 saturated heterocycles. The summed E-state index contributed by atoms with van der Waals surface area (Å²) in [7, 11) is 1.43. The largest absolute Gasteiger partial charge is 0.469 e. The Kier molecular flexibility index (Phi) is 4.10. The molecule has 0 radical (unpaired) electrons. The van der Waals surface area contributed by atoms with E-state index in [2.05, 4.69) is 11.7 Å². The molecule has 0 fully saturated rings. The Morgan fingerprint density at radius 3 is 2.56 bits per heavy atom. The maximum Gasteiger partial charge on any atom is 0.308 e. The highest BCUT2D eigenvalue weighted by molar-refractivity contribution is 5.71. The molecule has 0 aromatic heterocycles. The van der Waals surface area contributed by atoms with E-state index in [0.717, 1.165) is 12.8 Å². The van der Waals surface area contributed by atoms with E-state index in [1.807, 2.05) is 6.92 Å². The van der Waals surface area contributed by atoms with E-state index in [1.54, 1.807) is 0 Å². The molecule has 0 aliphatic rings. The van der Waals surface area contributed by atoms with E-state index in [1.165, 1.54) is 7.11 Å². The van der Waals surface area contributed by atoms with Gasteiger partial charge in [0.2, 0.25) is 0 Å². The molecule has 0 spiro atoms. The first-order chi connectivity index (χ1) is 4.22. The molecule has 0 bridgehead atoms. The van der Waals surface area contributed by atoms with Gasteiger partial charge in [-0.15, -0.1) is 0 Å². The fraction of sp³-hybridized carbons (Fsp3) is 0.857. The number of rotatable bonds is 3. The molecule has 1 atom stereocenters. The predicted octanol–water partition coefficient (Wildman–Crippen LogP) is 1.60. The Balaban J connectivity index is 3.45. The topological polar surface area (TPSA) is 26.3 Å². The minimum Gasteiger partial charge on any atom is -0.469 e. The molecule has 0 N–H and O–H groups in total. The smallest absolute Gasteiger partial charge is 0.308 e. The third-order valence-corrected chi connectivity index (χ3v) is 1.33. The highest BCUT2D eigenvalue weighted by Gasteiger charge is 2.10. The second kappa shape index (κ2) is 4.36. The van der Waals surface area contributed by atoms with Crippen LogP contribution in [0.5, 0.6) is 0 Å². The average Bonchev–Trinajstić information content (AvgIpc) is 1.87. The van der Waals surface area contributed by atoms with Gasteiger partial charge in [0.25, 0.3) is 0 Å². The first-order valence-corrected chi connectivity index (χ1v) is 3.30. The van der Waals surface area contributed by atoms with Gasteiger partial charge < -0.3 is 4.74 Å². The van der Waals surface area contributed by atoms with Crippen molar-refractivity contribution < 1.29 is 9.53 Å². The summed E-state index contributed by atoms with van der Waals surface area (Å²) in [6, 6.07) is 0. The molecule has 0 rings (SSSR count). The zero-order chi connectivity index (χ0) is 7.28. The van der Waals surface area contributed by atoms with Crippen LogP contribution < -0.4 is 0 Å². The van der Waals surface area contributed by atoms with Crippen molar-refractivity contribution in [2.24, 2.45) is 5.92 Å².